The Labute approximate surface area is 150 Å². The van der Waals surface area contributed by atoms with Crippen LogP contribution in [-0.4, -0.2) is 19.9 Å². The van der Waals surface area contributed by atoms with Gasteiger partial charge in [0, 0.05) is 22.3 Å². The Bertz CT molecular complexity index is 1090. The first-order valence-corrected chi connectivity index (χ1v) is 8.26. The van der Waals surface area contributed by atoms with Crippen molar-refractivity contribution in [1.82, 2.24) is 19.9 Å². The molecule has 7 heteroatoms. The molecule has 0 saturated carbocycles. The molecule has 0 radical (unpaired) electrons. The van der Waals surface area contributed by atoms with Crippen LogP contribution in [0.3, 0.4) is 0 Å². The predicted molar refractivity (Wildman–Crippen MR) is 96.3 cm³/mol. The van der Waals surface area contributed by atoms with Crippen LogP contribution in [0.4, 0.5) is 0 Å². The van der Waals surface area contributed by atoms with E-state index in [1.807, 2.05) is 54.6 Å². The van der Waals surface area contributed by atoms with Gasteiger partial charge in [0.05, 0.1) is 5.69 Å². The lowest BCUT2D eigenvalue weighted by molar-refractivity contribution is 0.429. The van der Waals surface area contributed by atoms with E-state index < -0.39 is 0 Å². The van der Waals surface area contributed by atoms with Gasteiger partial charge in [-0.2, -0.15) is 10.1 Å². The van der Waals surface area contributed by atoms with Crippen molar-refractivity contribution in [3.63, 3.8) is 0 Å². The molecule has 4 rings (SSSR count). The lowest BCUT2D eigenvalue weighted by Gasteiger charge is -2.04. The number of hydrogen-bond acceptors (Lipinski definition) is 5. The second kappa shape index (κ2) is 6.45. The van der Waals surface area contributed by atoms with Gasteiger partial charge in [-0.3, -0.25) is 4.79 Å². The van der Waals surface area contributed by atoms with E-state index in [1.165, 1.54) is 6.07 Å². The summed E-state index contributed by atoms with van der Waals surface area (Å²) in [6.45, 7) is 0. The summed E-state index contributed by atoms with van der Waals surface area (Å²) in [5.41, 5.74) is 1.43. The maximum Gasteiger partial charge on any atom is 0.282 e. The molecule has 0 aliphatic carbocycles. The molecule has 4 aromatic rings. The molecule has 0 amide bonds. The molecule has 0 aliphatic heterocycles. The summed E-state index contributed by atoms with van der Waals surface area (Å²) in [5.74, 6) is 0.472. The lowest BCUT2D eigenvalue weighted by Crippen LogP contribution is -2.12. The third-order valence-corrected chi connectivity index (χ3v) is 4.26. The summed E-state index contributed by atoms with van der Waals surface area (Å²) in [5, 5.41) is 8.30. The van der Waals surface area contributed by atoms with Crippen LogP contribution in [-0.2, 0) is 0 Å². The monoisotopic (exact) mass is 394 g/mol. The van der Waals surface area contributed by atoms with Gasteiger partial charge in [-0.15, -0.1) is 0 Å². The Morgan fingerprint density at radius 2 is 1.72 bits per heavy atom. The van der Waals surface area contributed by atoms with Crippen molar-refractivity contribution >= 4 is 15.9 Å². The fourth-order valence-corrected chi connectivity index (χ4v) is 2.81. The average molecular weight is 395 g/mol. The SMILES string of the molecule is O=c1ccn(-c2ccccc2)nc1-c1nc(-c2ccccc2Br)no1. The molecule has 2 aromatic carbocycles. The molecule has 0 aliphatic rings. The highest BCUT2D eigenvalue weighted by molar-refractivity contribution is 9.10. The van der Waals surface area contributed by atoms with E-state index in [-0.39, 0.29) is 17.0 Å². The van der Waals surface area contributed by atoms with Gasteiger partial charge in [-0.05, 0) is 24.3 Å². The highest BCUT2D eigenvalue weighted by Crippen LogP contribution is 2.26. The van der Waals surface area contributed by atoms with E-state index in [0.29, 0.717) is 5.82 Å². The smallest absolute Gasteiger partial charge is 0.282 e. The third-order valence-electron chi connectivity index (χ3n) is 3.57. The molecule has 0 unspecified atom stereocenters. The molecule has 0 spiro atoms. The van der Waals surface area contributed by atoms with Crippen molar-refractivity contribution in [3.8, 4) is 28.7 Å². The van der Waals surface area contributed by atoms with Crippen molar-refractivity contribution in [2.45, 2.75) is 0 Å². The number of nitrogens with zero attached hydrogens (tertiary/aromatic N) is 4. The van der Waals surface area contributed by atoms with Gasteiger partial charge in [0.2, 0.25) is 11.3 Å². The van der Waals surface area contributed by atoms with Crippen LogP contribution in [0, 0.1) is 0 Å². The van der Waals surface area contributed by atoms with Crippen LogP contribution in [0.1, 0.15) is 0 Å². The first-order valence-electron chi connectivity index (χ1n) is 7.47. The molecule has 122 valence electrons. The topological polar surface area (TPSA) is 73.8 Å². The fraction of sp³-hybridized carbons (Fsp3) is 0. The number of rotatable bonds is 3. The summed E-state index contributed by atoms with van der Waals surface area (Å²) >= 11 is 3.45. The fourth-order valence-electron chi connectivity index (χ4n) is 2.35. The molecule has 25 heavy (non-hydrogen) atoms. The molecule has 0 saturated heterocycles. The molecule has 0 bridgehead atoms. The highest BCUT2D eigenvalue weighted by Gasteiger charge is 2.17. The summed E-state index contributed by atoms with van der Waals surface area (Å²) in [6.07, 6.45) is 1.60. The summed E-state index contributed by atoms with van der Waals surface area (Å²) < 4.78 is 7.71. The molecular formula is C18H11BrN4O2. The van der Waals surface area contributed by atoms with Gasteiger partial charge in [0.15, 0.2) is 5.69 Å². The number of aromatic nitrogens is 4. The van der Waals surface area contributed by atoms with Crippen molar-refractivity contribution in [3.05, 3.63) is 81.6 Å². The molecular weight excluding hydrogens is 384 g/mol. The predicted octanol–water partition coefficient (Wildman–Crippen LogP) is 3.71. The normalized spacial score (nSPS) is 10.8. The zero-order chi connectivity index (χ0) is 17.2. The van der Waals surface area contributed by atoms with E-state index in [2.05, 4.69) is 31.2 Å². The van der Waals surface area contributed by atoms with Gasteiger partial charge in [-0.1, -0.05) is 51.4 Å². The second-order valence-corrected chi connectivity index (χ2v) is 6.07. The zero-order valence-corrected chi connectivity index (χ0v) is 14.4. The minimum atomic E-state index is -0.283. The van der Waals surface area contributed by atoms with Gasteiger partial charge in [0.25, 0.3) is 5.89 Å². The number of hydrogen-bond donors (Lipinski definition) is 0. The Kier molecular flexibility index (Phi) is 3.99. The number of benzene rings is 2. The van der Waals surface area contributed by atoms with Crippen molar-refractivity contribution in [2.24, 2.45) is 0 Å². The highest BCUT2D eigenvalue weighted by atomic mass is 79.9. The van der Waals surface area contributed by atoms with E-state index in [0.717, 1.165) is 15.7 Å². The first kappa shape index (κ1) is 15.5. The number of para-hydroxylation sites is 1. The van der Waals surface area contributed by atoms with Gasteiger partial charge >= 0.3 is 0 Å². The van der Waals surface area contributed by atoms with E-state index in [9.17, 15) is 4.79 Å². The van der Waals surface area contributed by atoms with Crippen LogP contribution in [0.2, 0.25) is 0 Å². The third kappa shape index (κ3) is 3.01. The van der Waals surface area contributed by atoms with Crippen molar-refractivity contribution in [2.75, 3.05) is 0 Å². The molecule has 2 aromatic heterocycles. The van der Waals surface area contributed by atoms with Crippen LogP contribution >= 0.6 is 15.9 Å². The second-order valence-electron chi connectivity index (χ2n) is 5.21. The van der Waals surface area contributed by atoms with E-state index in [1.54, 1.807) is 10.9 Å². The number of halogens is 1. The van der Waals surface area contributed by atoms with Gasteiger partial charge < -0.3 is 4.52 Å². The quantitative estimate of drug-likeness (QED) is 0.529. The average Bonchev–Trinajstić information content (AvgIpc) is 3.13. The standard InChI is InChI=1S/C18H11BrN4O2/c19-14-9-5-4-8-13(14)17-20-18(25-22-17)16-15(24)10-11-23(21-16)12-6-2-1-3-7-12/h1-11H. The minimum Gasteiger partial charge on any atom is -0.332 e. The Balaban J connectivity index is 1.78. The molecule has 2 heterocycles. The molecule has 6 nitrogen and oxygen atoms in total. The Hall–Kier alpha value is -3.06. The van der Waals surface area contributed by atoms with Gasteiger partial charge in [-0.25, -0.2) is 4.68 Å². The van der Waals surface area contributed by atoms with E-state index in [4.69, 9.17) is 4.52 Å². The van der Waals surface area contributed by atoms with Crippen LogP contribution in [0.5, 0.6) is 0 Å². The Morgan fingerprint density at radius 3 is 2.52 bits per heavy atom. The first-order chi connectivity index (χ1) is 12.2. The largest absolute Gasteiger partial charge is 0.332 e. The van der Waals surface area contributed by atoms with Crippen LogP contribution in [0.15, 0.2) is 80.7 Å². The molecule has 0 N–H and O–H groups in total. The summed E-state index contributed by atoms with van der Waals surface area (Å²) in [7, 11) is 0. The lowest BCUT2D eigenvalue weighted by atomic mass is 10.2. The van der Waals surface area contributed by atoms with Crippen molar-refractivity contribution in [1.29, 1.82) is 0 Å². The van der Waals surface area contributed by atoms with E-state index >= 15 is 0 Å². The Morgan fingerprint density at radius 1 is 0.960 bits per heavy atom. The zero-order valence-electron chi connectivity index (χ0n) is 12.8. The minimum absolute atomic E-state index is 0.0843. The van der Waals surface area contributed by atoms with Crippen LogP contribution < -0.4 is 5.43 Å². The maximum atomic E-state index is 12.2. The summed E-state index contributed by atoms with van der Waals surface area (Å²) in [6, 6.07) is 18.4. The molecule has 0 fully saturated rings. The van der Waals surface area contributed by atoms with Crippen LogP contribution in [0.25, 0.3) is 28.7 Å². The molecule has 0 atom stereocenters. The van der Waals surface area contributed by atoms with Crippen molar-refractivity contribution < 1.29 is 4.52 Å². The van der Waals surface area contributed by atoms with Gasteiger partial charge in [0.1, 0.15) is 0 Å². The maximum absolute atomic E-state index is 12.2. The summed E-state index contributed by atoms with van der Waals surface area (Å²) in [4.78, 5) is 16.5.